The zero-order valence-corrected chi connectivity index (χ0v) is 10.1. The summed E-state index contributed by atoms with van der Waals surface area (Å²) < 4.78 is 0. The quantitative estimate of drug-likeness (QED) is 0.757. The summed E-state index contributed by atoms with van der Waals surface area (Å²) in [5.74, 6) is -0.282. The van der Waals surface area contributed by atoms with Crippen molar-refractivity contribution in [3.8, 4) is 0 Å². The van der Waals surface area contributed by atoms with E-state index in [1.54, 1.807) is 0 Å². The van der Waals surface area contributed by atoms with Gasteiger partial charge in [-0.25, -0.2) is 0 Å². The molecule has 2 rings (SSSR count). The Kier molecular flexibility index (Phi) is 3.94. The van der Waals surface area contributed by atoms with Gasteiger partial charge in [-0.2, -0.15) is 0 Å². The van der Waals surface area contributed by atoms with Gasteiger partial charge in [0.1, 0.15) is 0 Å². The van der Waals surface area contributed by atoms with Crippen molar-refractivity contribution < 1.29 is 9.59 Å². The summed E-state index contributed by atoms with van der Waals surface area (Å²) in [5, 5.41) is 2.68. The SMILES string of the molecule is N[C@@H](Cc1ccccc1)C(=O)N1CCNC(=O)C1. The molecule has 96 valence electrons. The Balaban J connectivity index is 1.94. The van der Waals surface area contributed by atoms with Crippen molar-refractivity contribution in [1.29, 1.82) is 0 Å². The van der Waals surface area contributed by atoms with Gasteiger partial charge in [0.05, 0.1) is 12.6 Å². The third-order valence-electron chi connectivity index (χ3n) is 2.97. The van der Waals surface area contributed by atoms with Gasteiger partial charge < -0.3 is 16.0 Å². The van der Waals surface area contributed by atoms with E-state index in [9.17, 15) is 9.59 Å². The van der Waals surface area contributed by atoms with E-state index in [4.69, 9.17) is 5.73 Å². The van der Waals surface area contributed by atoms with Crippen LogP contribution in [0.3, 0.4) is 0 Å². The smallest absolute Gasteiger partial charge is 0.240 e. The van der Waals surface area contributed by atoms with E-state index in [2.05, 4.69) is 5.32 Å². The number of rotatable bonds is 3. The molecule has 1 saturated heterocycles. The van der Waals surface area contributed by atoms with Crippen LogP contribution in [-0.2, 0) is 16.0 Å². The number of piperazine rings is 1. The van der Waals surface area contributed by atoms with Crippen molar-refractivity contribution in [1.82, 2.24) is 10.2 Å². The topological polar surface area (TPSA) is 75.4 Å². The van der Waals surface area contributed by atoms with E-state index in [0.717, 1.165) is 5.56 Å². The predicted octanol–water partition coefficient (Wildman–Crippen LogP) is -0.485. The Hall–Kier alpha value is -1.88. The molecule has 18 heavy (non-hydrogen) atoms. The van der Waals surface area contributed by atoms with Crippen molar-refractivity contribution in [2.75, 3.05) is 19.6 Å². The second-order valence-corrected chi connectivity index (χ2v) is 4.41. The van der Waals surface area contributed by atoms with Crippen LogP contribution >= 0.6 is 0 Å². The lowest BCUT2D eigenvalue weighted by Crippen LogP contribution is -2.54. The molecule has 0 unspecified atom stereocenters. The minimum atomic E-state index is -0.585. The molecule has 0 spiro atoms. The molecule has 5 nitrogen and oxygen atoms in total. The summed E-state index contributed by atoms with van der Waals surface area (Å²) in [6.07, 6.45) is 0.498. The first kappa shape index (κ1) is 12.6. The second-order valence-electron chi connectivity index (χ2n) is 4.41. The monoisotopic (exact) mass is 247 g/mol. The number of benzene rings is 1. The highest BCUT2D eigenvalue weighted by Gasteiger charge is 2.25. The molecule has 0 saturated carbocycles. The molecular weight excluding hydrogens is 230 g/mol. The maximum Gasteiger partial charge on any atom is 0.240 e. The second kappa shape index (κ2) is 5.64. The lowest BCUT2D eigenvalue weighted by molar-refractivity contribution is -0.139. The minimum Gasteiger partial charge on any atom is -0.353 e. The molecule has 0 radical (unpaired) electrons. The molecule has 1 aromatic rings. The van der Waals surface area contributed by atoms with Crippen LogP contribution in [0, 0.1) is 0 Å². The highest BCUT2D eigenvalue weighted by molar-refractivity contribution is 5.88. The number of hydrogen-bond donors (Lipinski definition) is 2. The third kappa shape index (κ3) is 3.07. The van der Waals surface area contributed by atoms with Crippen LogP contribution in [0.4, 0.5) is 0 Å². The molecule has 1 aliphatic heterocycles. The van der Waals surface area contributed by atoms with Crippen molar-refractivity contribution in [3.63, 3.8) is 0 Å². The Labute approximate surface area is 106 Å². The molecule has 1 aromatic carbocycles. The first-order chi connectivity index (χ1) is 8.66. The van der Waals surface area contributed by atoms with Crippen LogP contribution in [0.1, 0.15) is 5.56 Å². The van der Waals surface area contributed by atoms with Crippen LogP contribution in [-0.4, -0.2) is 42.4 Å². The summed E-state index contributed by atoms with van der Waals surface area (Å²) in [6.45, 7) is 1.15. The van der Waals surface area contributed by atoms with E-state index in [-0.39, 0.29) is 18.4 Å². The molecule has 1 fully saturated rings. The standard InChI is InChI=1S/C13H17N3O2/c14-11(8-10-4-2-1-3-5-10)13(18)16-7-6-15-12(17)9-16/h1-5,11H,6-9,14H2,(H,15,17)/t11-/m0/s1. The van der Waals surface area contributed by atoms with E-state index >= 15 is 0 Å². The average molecular weight is 247 g/mol. The number of hydrogen-bond acceptors (Lipinski definition) is 3. The number of carbonyl (C=O) groups is 2. The van der Waals surface area contributed by atoms with E-state index in [1.807, 2.05) is 30.3 Å². The molecule has 5 heteroatoms. The molecule has 3 N–H and O–H groups in total. The maximum atomic E-state index is 12.1. The average Bonchev–Trinajstić information content (AvgIpc) is 2.39. The summed E-state index contributed by atoms with van der Waals surface area (Å²) in [6, 6.07) is 9.05. The lowest BCUT2D eigenvalue weighted by Gasteiger charge is -2.28. The van der Waals surface area contributed by atoms with Gasteiger partial charge in [0.25, 0.3) is 0 Å². The number of nitrogens with one attached hydrogen (secondary N) is 1. The van der Waals surface area contributed by atoms with Crippen LogP contribution in [0.2, 0.25) is 0 Å². The molecule has 0 aliphatic carbocycles. The molecule has 1 heterocycles. The van der Waals surface area contributed by atoms with Gasteiger partial charge in [0.15, 0.2) is 0 Å². The molecule has 1 aliphatic rings. The summed E-state index contributed by atoms with van der Waals surface area (Å²) >= 11 is 0. The molecular formula is C13H17N3O2. The summed E-state index contributed by atoms with van der Waals surface area (Å²) in [5.41, 5.74) is 6.93. The fraction of sp³-hybridized carbons (Fsp3) is 0.385. The fourth-order valence-electron chi connectivity index (χ4n) is 2.02. The normalized spacial score (nSPS) is 17.2. The Morgan fingerprint density at radius 3 is 2.78 bits per heavy atom. The van der Waals surface area contributed by atoms with Gasteiger partial charge >= 0.3 is 0 Å². The number of nitrogens with zero attached hydrogens (tertiary/aromatic N) is 1. The third-order valence-corrected chi connectivity index (χ3v) is 2.97. The first-order valence-electron chi connectivity index (χ1n) is 6.02. The lowest BCUT2D eigenvalue weighted by atomic mass is 10.1. The van der Waals surface area contributed by atoms with Crippen LogP contribution in [0.25, 0.3) is 0 Å². The number of amides is 2. The Morgan fingerprint density at radius 2 is 2.11 bits per heavy atom. The predicted molar refractivity (Wildman–Crippen MR) is 67.7 cm³/mol. The number of carbonyl (C=O) groups excluding carboxylic acids is 2. The highest BCUT2D eigenvalue weighted by atomic mass is 16.2. The van der Waals surface area contributed by atoms with Crippen molar-refractivity contribution in [3.05, 3.63) is 35.9 Å². The van der Waals surface area contributed by atoms with Gasteiger partial charge in [0, 0.05) is 13.1 Å². The van der Waals surface area contributed by atoms with Gasteiger partial charge in [-0.3, -0.25) is 9.59 Å². The minimum absolute atomic E-state index is 0.112. The Bertz CT molecular complexity index is 433. The van der Waals surface area contributed by atoms with Crippen molar-refractivity contribution >= 4 is 11.8 Å². The van der Waals surface area contributed by atoms with Gasteiger partial charge in [0.2, 0.25) is 11.8 Å². The van der Waals surface area contributed by atoms with Crippen molar-refractivity contribution in [2.45, 2.75) is 12.5 Å². The highest BCUT2D eigenvalue weighted by Crippen LogP contribution is 2.05. The van der Waals surface area contributed by atoms with Crippen molar-refractivity contribution in [2.24, 2.45) is 5.73 Å². The van der Waals surface area contributed by atoms with E-state index in [1.165, 1.54) is 4.90 Å². The largest absolute Gasteiger partial charge is 0.353 e. The zero-order chi connectivity index (χ0) is 13.0. The van der Waals surface area contributed by atoms with E-state index < -0.39 is 6.04 Å². The Morgan fingerprint density at radius 1 is 1.39 bits per heavy atom. The summed E-state index contributed by atoms with van der Waals surface area (Å²) in [4.78, 5) is 24.8. The van der Waals surface area contributed by atoms with Gasteiger partial charge in [-0.1, -0.05) is 30.3 Å². The van der Waals surface area contributed by atoms with Crippen LogP contribution in [0.5, 0.6) is 0 Å². The summed E-state index contributed by atoms with van der Waals surface area (Å²) in [7, 11) is 0. The molecule has 2 amide bonds. The van der Waals surface area contributed by atoms with Crippen LogP contribution < -0.4 is 11.1 Å². The van der Waals surface area contributed by atoms with Gasteiger partial charge in [-0.15, -0.1) is 0 Å². The first-order valence-corrected chi connectivity index (χ1v) is 6.02. The number of nitrogens with two attached hydrogens (primary N) is 1. The zero-order valence-electron chi connectivity index (χ0n) is 10.1. The van der Waals surface area contributed by atoms with Crippen LogP contribution in [0.15, 0.2) is 30.3 Å². The van der Waals surface area contributed by atoms with E-state index in [0.29, 0.717) is 19.5 Å². The maximum absolute atomic E-state index is 12.1. The van der Waals surface area contributed by atoms with Gasteiger partial charge in [-0.05, 0) is 12.0 Å². The molecule has 1 atom stereocenters. The molecule has 0 aromatic heterocycles. The fourth-order valence-corrected chi connectivity index (χ4v) is 2.02. The molecule has 0 bridgehead atoms.